The number of amides is 1. The van der Waals surface area contributed by atoms with Crippen molar-refractivity contribution in [3.63, 3.8) is 0 Å². The van der Waals surface area contributed by atoms with E-state index in [0.717, 1.165) is 0 Å². The molecule has 1 aromatic carbocycles. The molecule has 1 amide bonds. The fourth-order valence-electron chi connectivity index (χ4n) is 2.28. The fourth-order valence-corrected chi connectivity index (χ4v) is 2.74. The number of halogens is 2. The third kappa shape index (κ3) is 3.91. The van der Waals surface area contributed by atoms with Crippen molar-refractivity contribution in [2.75, 3.05) is 5.73 Å². The van der Waals surface area contributed by atoms with E-state index in [0.29, 0.717) is 21.3 Å². The van der Waals surface area contributed by atoms with Crippen LogP contribution < -0.4 is 11.2 Å². The minimum atomic E-state index is -0.554. The number of aromatic nitrogens is 5. The first-order chi connectivity index (χ1) is 12.9. The minimum Gasteiger partial charge on any atom is -0.378 e. The summed E-state index contributed by atoms with van der Waals surface area (Å²) in [6.07, 6.45) is 1.40. The van der Waals surface area contributed by atoms with Gasteiger partial charge < -0.3 is 5.73 Å². The maximum Gasteiger partial charge on any atom is 0.293 e. The van der Waals surface area contributed by atoms with Gasteiger partial charge in [0.15, 0.2) is 5.69 Å². The van der Waals surface area contributed by atoms with Gasteiger partial charge in [-0.2, -0.15) is 9.78 Å². The highest BCUT2D eigenvalue weighted by Gasteiger charge is 2.25. The Labute approximate surface area is 163 Å². The van der Waals surface area contributed by atoms with Crippen molar-refractivity contribution in [3.8, 4) is 5.82 Å². The molecule has 0 aliphatic carbocycles. The van der Waals surface area contributed by atoms with Crippen LogP contribution in [0.1, 0.15) is 41.5 Å². The zero-order valence-corrected chi connectivity index (χ0v) is 15.7. The Morgan fingerprint density at radius 2 is 2.15 bits per heavy atom. The number of benzene rings is 1. The van der Waals surface area contributed by atoms with Gasteiger partial charge in [0.25, 0.3) is 5.91 Å². The van der Waals surface area contributed by atoms with E-state index >= 15 is 0 Å². The molecule has 0 bridgehead atoms. The lowest BCUT2D eigenvalue weighted by Crippen LogP contribution is -2.21. The SMILES string of the molecule is CC(C)c1c(C(=O)N/N=C\c2ccc(Cl)cc2Cl)nnn1-c1nonc1N. The molecule has 0 saturated carbocycles. The van der Waals surface area contributed by atoms with Crippen LogP contribution in [-0.2, 0) is 0 Å². The lowest BCUT2D eigenvalue weighted by atomic mass is 10.1. The van der Waals surface area contributed by atoms with Gasteiger partial charge in [-0.25, -0.2) is 10.1 Å². The number of hydrazone groups is 1. The molecule has 140 valence electrons. The molecule has 12 heteroatoms. The van der Waals surface area contributed by atoms with Gasteiger partial charge in [-0.3, -0.25) is 4.79 Å². The molecule has 0 radical (unpaired) electrons. The summed E-state index contributed by atoms with van der Waals surface area (Å²) >= 11 is 11.9. The van der Waals surface area contributed by atoms with Crippen LogP contribution in [0.4, 0.5) is 5.82 Å². The number of rotatable bonds is 5. The molecule has 3 aromatic rings. The Morgan fingerprint density at radius 3 is 2.78 bits per heavy atom. The number of nitrogens with zero attached hydrogens (tertiary/aromatic N) is 6. The molecule has 2 heterocycles. The highest BCUT2D eigenvalue weighted by Crippen LogP contribution is 2.23. The standard InChI is InChI=1S/C15H14Cl2N8O2/c1-7(2)12-11(20-24-25(12)14-13(18)22-27-23-14)15(26)21-19-6-8-3-4-9(16)5-10(8)17/h3-7H,1-2H3,(H2,18,22)(H,21,26)/b19-6-. The van der Waals surface area contributed by atoms with Crippen LogP contribution in [0.15, 0.2) is 27.9 Å². The minimum absolute atomic E-state index is 0.0316. The molecule has 0 aliphatic heterocycles. The van der Waals surface area contributed by atoms with Crippen LogP contribution in [-0.4, -0.2) is 37.4 Å². The Kier molecular flexibility index (Phi) is 5.38. The molecule has 0 unspecified atom stereocenters. The average Bonchev–Trinajstić information content (AvgIpc) is 3.22. The Balaban J connectivity index is 1.84. The molecule has 3 rings (SSSR count). The molecule has 0 atom stereocenters. The largest absolute Gasteiger partial charge is 0.378 e. The number of hydrogen-bond donors (Lipinski definition) is 2. The van der Waals surface area contributed by atoms with Crippen molar-refractivity contribution < 1.29 is 9.42 Å². The molecule has 0 fully saturated rings. The predicted molar refractivity (Wildman–Crippen MR) is 99.2 cm³/mol. The lowest BCUT2D eigenvalue weighted by Gasteiger charge is -2.08. The van der Waals surface area contributed by atoms with Gasteiger partial charge in [0.2, 0.25) is 11.6 Å². The molecule has 3 N–H and O–H groups in total. The number of nitrogen functional groups attached to an aromatic ring is 1. The smallest absolute Gasteiger partial charge is 0.293 e. The maximum atomic E-state index is 12.5. The second kappa shape index (κ2) is 7.72. The molecule has 10 nitrogen and oxygen atoms in total. The van der Waals surface area contributed by atoms with Crippen LogP contribution in [0.2, 0.25) is 10.0 Å². The van der Waals surface area contributed by atoms with Gasteiger partial charge in [0.05, 0.1) is 16.9 Å². The van der Waals surface area contributed by atoms with Crippen LogP contribution in [0.25, 0.3) is 5.82 Å². The number of nitrogens with two attached hydrogens (primary N) is 1. The van der Waals surface area contributed by atoms with Crippen LogP contribution in [0.3, 0.4) is 0 Å². The van der Waals surface area contributed by atoms with E-state index in [1.807, 2.05) is 13.8 Å². The van der Waals surface area contributed by atoms with Gasteiger partial charge in [-0.1, -0.05) is 48.3 Å². The molecular weight excluding hydrogens is 395 g/mol. The first kappa shape index (κ1) is 18.8. The van der Waals surface area contributed by atoms with Crippen LogP contribution in [0.5, 0.6) is 0 Å². The summed E-state index contributed by atoms with van der Waals surface area (Å²) in [4.78, 5) is 12.5. The number of anilines is 1. The van der Waals surface area contributed by atoms with E-state index < -0.39 is 5.91 Å². The lowest BCUT2D eigenvalue weighted by molar-refractivity contribution is 0.0948. The van der Waals surface area contributed by atoms with Crippen LogP contribution >= 0.6 is 23.2 Å². The zero-order valence-electron chi connectivity index (χ0n) is 14.2. The van der Waals surface area contributed by atoms with Crippen LogP contribution in [0, 0.1) is 0 Å². The van der Waals surface area contributed by atoms with Gasteiger partial charge >= 0.3 is 0 Å². The zero-order chi connectivity index (χ0) is 19.6. The Bertz CT molecular complexity index is 1010. The van der Waals surface area contributed by atoms with E-state index in [4.69, 9.17) is 28.9 Å². The summed E-state index contributed by atoms with van der Waals surface area (Å²) in [5, 5.41) is 19.8. The molecule has 0 spiro atoms. The highest BCUT2D eigenvalue weighted by atomic mass is 35.5. The fraction of sp³-hybridized carbons (Fsp3) is 0.200. The third-order valence-corrected chi connectivity index (χ3v) is 4.06. The predicted octanol–water partition coefficient (Wildman–Crippen LogP) is 2.43. The Morgan fingerprint density at radius 1 is 1.37 bits per heavy atom. The van der Waals surface area contributed by atoms with E-state index in [1.165, 1.54) is 10.9 Å². The second-order valence-corrected chi connectivity index (χ2v) is 6.57. The number of nitrogens with one attached hydrogen (secondary N) is 1. The summed E-state index contributed by atoms with van der Waals surface area (Å²) in [7, 11) is 0. The van der Waals surface area contributed by atoms with Gasteiger partial charge in [0, 0.05) is 10.6 Å². The van der Waals surface area contributed by atoms with E-state index in [2.05, 4.69) is 35.8 Å². The van der Waals surface area contributed by atoms with Gasteiger partial charge in [0.1, 0.15) is 0 Å². The number of carbonyl (C=O) groups is 1. The summed E-state index contributed by atoms with van der Waals surface area (Å²) < 4.78 is 5.89. The van der Waals surface area contributed by atoms with E-state index in [9.17, 15) is 4.79 Å². The number of hydrogen-bond acceptors (Lipinski definition) is 8. The second-order valence-electron chi connectivity index (χ2n) is 5.73. The van der Waals surface area contributed by atoms with Gasteiger partial charge in [-0.05, 0) is 28.4 Å². The summed E-state index contributed by atoms with van der Waals surface area (Å²) in [5.74, 6) is -0.487. The maximum absolute atomic E-state index is 12.5. The average molecular weight is 409 g/mol. The third-order valence-electron chi connectivity index (χ3n) is 3.50. The topological polar surface area (TPSA) is 137 Å². The monoisotopic (exact) mass is 408 g/mol. The molecule has 0 aliphatic rings. The molecular formula is C15H14Cl2N8O2. The van der Waals surface area contributed by atoms with Crippen molar-refractivity contribution in [1.29, 1.82) is 0 Å². The molecule has 2 aromatic heterocycles. The first-order valence-corrected chi connectivity index (χ1v) is 8.46. The normalized spacial score (nSPS) is 11.4. The Hall–Kier alpha value is -2.98. The quantitative estimate of drug-likeness (QED) is 0.488. The van der Waals surface area contributed by atoms with Crippen molar-refractivity contribution in [2.45, 2.75) is 19.8 Å². The summed E-state index contributed by atoms with van der Waals surface area (Å²) in [6, 6.07) is 4.91. The van der Waals surface area contributed by atoms with E-state index in [1.54, 1.807) is 18.2 Å². The number of carbonyl (C=O) groups excluding carboxylic acids is 1. The van der Waals surface area contributed by atoms with Gasteiger partial charge in [-0.15, -0.1) is 5.10 Å². The van der Waals surface area contributed by atoms with Crippen molar-refractivity contribution in [2.24, 2.45) is 5.10 Å². The first-order valence-electron chi connectivity index (χ1n) is 7.71. The summed E-state index contributed by atoms with van der Waals surface area (Å²) in [6.45, 7) is 3.73. The highest BCUT2D eigenvalue weighted by molar-refractivity contribution is 6.36. The van der Waals surface area contributed by atoms with Crippen molar-refractivity contribution >= 4 is 41.1 Å². The molecule has 0 saturated heterocycles. The summed E-state index contributed by atoms with van der Waals surface area (Å²) in [5.41, 5.74) is 9.23. The van der Waals surface area contributed by atoms with E-state index in [-0.39, 0.29) is 23.2 Å². The molecule has 27 heavy (non-hydrogen) atoms. The van der Waals surface area contributed by atoms with Crippen molar-refractivity contribution in [3.05, 3.63) is 45.2 Å². The van der Waals surface area contributed by atoms with Crippen molar-refractivity contribution in [1.82, 2.24) is 30.7 Å².